The van der Waals surface area contributed by atoms with Crippen LogP contribution in [0.2, 0.25) is 0 Å². The number of carbonyl (C=O) groups excluding carboxylic acids is 2. The van der Waals surface area contributed by atoms with Gasteiger partial charge < -0.3 is 14.6 Å². The van der Waals surface area contributed by atoms with Crippen LogP contribution in [0.15, 0.2) is 48.6 Å². The molecule has 0 saturated carbocycles. The summed E-state index contributed by atoms with van der Waals surface area (Å²) in [4.78, 5) is 24.2. The number of rotatable bonds is 34. The van der Waals surface area contributed by atoms with Gasteiger partial charge in [0.2, 0.25) is 0 Å². The SMILES string of the molecule is CCCCCC=CCC=CCC=CCC=CCCCC(=O)OC[C@H](CO)OC(=O)CCCCCCCCCCCCCCCCC. The van der Waals surface area contributed by atoms with Crippen molar-refractivity contribution in [2.45, 2.75) is 187 Å². The number of esters is 2. The van der Waals surface area contributed by atoms with E-state index in [0.29, 0.717) is 19.3 Å². The summed E-state index contributed by atoms with van der Waals surface area (Å²) >= 11 is 0. The molecule has 0 aliphatic heterocycles. The Hall–Kier alpha value is -2.14. The van der Waals surface area contributed by atoms with E-state index in [1.54, 1.807) is 0 Å². The summed E-state index contributed by atoms with van der Waals surface area (Å²) in [5.41, 5.74) is 0. The van der Waals surface area contributed by atoms with E-state index < -0.39 is 6.10 Å². The minimum atomic E-state index is -0.790. The van der Waals surface area contributed by atoms with Crippen molar-refractivity contribution in [1.29, 1.82) is 0 Å². The molecule has 5 nitrogen and oxygen atoms in total. The first-order chi connectivity index (χ1) is 22.6. The van der Waals surface area contributed by atoms with E-state index in [0.717, 1.165) is 44.9 Å². The molecule has 0 unspecified atom stereocenters. The molecule has 0 aromatic heterocycles. The number of aliphatic hydroxyl groups is 1. The second-order valence-corrected chi connectivity index (χ2v) is 12.7. The minimum absolute atomic E-state index is 0.0930. The molecule has 0 aliphatic carbocycles. The van der Waals surface area contributed by atoms with E-state index in [-0.39, 0.29) is 25.2 Å². The Morgan fingerprint density at radius 3 is 1.37 bits per heavy atom. The number of aliphatic hydroxyl groups excluding tert-OH is 1. The lowest BCUT2D eigenvalue weighted by atomic mass is 10.0. The predicted molar refractivity (Wildman–Crippen MR) is 196 cm³/mol. The molecule has 0 aromatic rings. The quantitative estimate of drug-likeness (QED) is 0.0429. The maximum atomic E-state index is 12.1. The van der Waals surface area contributed by atoms with Crippen LogP contribution in [0.25, 0.3) is 0 Å². The average molecular weight is 645 g/mol. The zero-order valence-electron chi connectivity index (χ0n) is 30.1. The van der Waals surface area contributed by atoms with Crippen LogP contribution in [0, 0.1) is 0 Å². The zero-order chi connectivity index (χ0) is 33.6. The van der Waals surface area contributed by atoms with Gasteiger partial charge in [-0.1, -0.05) is 165 Å². The van der Waals surface area contributed by atoms with Gasteiger partial charge in [-0.3, -0.25) is 9.59 Å². The Balaban J connectivity index is 3.66. The highest BCUT2D eigenvalue weighted by atomic mass is 16.6. The fourth-order valence-electron chi connectivity index (χ4n) is 5.19. The van der Waals surface area contributed by atoms with Crippen molar-refractivity contribution in [3.8, 4) is 0 Å². The topological polar surface area (TPSA) is 72.8 Å². The molecule has 5 heteroatoms. The number of hydrogen-bond acceptors (Lipinski definition) is 5. The number of allylic oxidation sites excluding steroid dienone is 8. The van der Waals surface area contributed by atoms with Crippen molar-refractivity contribution in [2.24, 2.45) is 0 Å². The van der Waals surface area contributed by atoms with Crippen molar-refractivity contribution in [2.75, 3.05) is 13.2 Å². The fraction of sp³-hybridized carbons (Fsp3) is 0.756. The lowest BCUT2D eigenvalue weighted by Crippen LogP contribution is -2.28. The smallest absolute Gasteiger partial charge is 0.306 e. The molecular weight excluding hydrogens is 572 g/mol. The minimum Gasteiger partial charge on any atom is -0.462 e. The number of carbonyl (C=O) groups is 2. The van der Waals surface area contributed by atoms with Gasteiger partial charge >= 0.3 is 11.9 Å². The van der Waals surface area contributed by atoms with Gasteiger partial charge in [0, 0.05) is 12.8 Å². The molecule has 0 spiro atoms. The third kappa shape index (κ3) is 34.7. The Morgan fingerprint density at radius 1 is 0.500 bits per heavy atom. The average Bonchev–Trinajstić information content (AvgIpc) is 3.06. The molecule has 1 N–H and O–H groups in total. The van der Waals surface area contributed by atoms with Gasteiger partial charge in [-0.2, -0.15) is 0 Å². The molecule has 266 valence electrons. The van der Waals surface area contributed by atoms with Crippen LogP contribution in [-0.4, -0.2) is 36.4 Å². The Morgan fingerprint density at radius 2 is 0.891 bits per heavy atom. The normalized spacial score (nSPS) is 12.7. The van der Waals surface area contributed by atoms with Gasteiger partial charge in [-0.15, -0.1) is 0 Å². The molecule has 0 radical (unpaired) electrons. The molecule has 0 amide bonds. The molecule has 0 aromatic carbocycles. The second-order valence-electron chi connectivity index (χ2n) is 12.7. The van der Waals surface area contributed by atoms with Crippen LogP contribution < -0.4 is 0 Å². The largest absolute Gasteiger partial charge is 0.462 e. The van der Waals surface area contributed by atoms with Crippen LogP contribution >= 0.6 is 0 Å². The van der Waals surface area contributed by atoms with Crippen LogP contribution in [0.5, 0.6) is 0 Å². The first kappa shape index (κ1) is 43.9. The highest BCUT2D eigenvalue weighted by molar-refractivity contribution is 5.70. The van der Waals surface area contributed by atoms with Gasteiger partial charge in [0.15, 0.2) is 6.10 Å². The van der Waals surface area contributed by atoms with Crippen molar-refractivity contribution >= 4 is 11.9 Å². The standard InChI is InChI=1S/C41H72O5/c1-3-5-7-9-11-13-15-17-19-20-22-23-25-27-29-31-33-35-40(43)45-38-39(37-42)46-41(44)36-34-32-30-28-26-24-21-18-16-14-12-10-8-6-4-2/h11,13,17,19,22-23,27,29,39,42H,3-10,12,14-16,18,20-21,24-26,28,30-38H2,1-2H3/t39-/m0/s1. The second kappa shape index (κ2) is 37.3. The van der Waals surface area contributed by atoms with Gasteiger partial charge in [-0.25, -0.2) is 0 Å². The van der Waals surface area contributed by atoms with Crippen molar-refractivity contribution in [3.05, 3.63) is 48.6 Å². The third-order valence-corrected chi connectivity index (χ3v) is 8.13. The van der Waals surface area contributed by atoms with E-state index in [1.165, 1.54) is 103 Å². The van der Waals surface area contributed by atoms with E-state index >= 15 is 0 Å². The number of ether oxygens (including phenoxy) is 2. The van der Waals surface area contributed by atoms with E-state index in [4.69, 9.17) is 9.47 Å². The van der Waals surface area contributed by atoms with Gasteiger partial charge in [0.1, 0.15) is 6.61 Å². The summed E-state index contributed by atoms with van der Waals surface area (Å²) in [5, 5.41) is 9.53. The molecule has 0 rings (SSSR count). The monoisotopic (exact) mass is 645 g/mol. The zero-order valence-corrected chi connectivity index (χ0v) is 30.1. The highest BCUT2D eigenvalue weighted by Crippen LogP contribution is 2.14. The van der Waals surface area contributed by atoms with Crippen LogP contribution in [0.3, 0.4) is 0 Å². The fourth-order valence-corrected chi connectivity index (χ4v) is 5.19. The Labute approximate surface area is 284 Å². The highest BCUT2D eigenvalue weighted by Gasteiger charge is 2.16. The maximum absolute atomic E-state index is 12.1. The Bertz CT molecular complexity index is 782. The van der Waals surface area contributed by atoms with E-state index in [9.17, 15) is 14.7 Å². The molecule has 0 fully saturated rings. The summed E-state index contributed by atoms with van der Waals surface area (Å²) in [6.45, 7) is 4.06. The third-order valence-electron chi connectivity index (χ3n) is 8.13. The van der Waals surface area contributed by atoms with Crippen LogP contribution in [0.1, 0.15) is 181 Å². The van der Waals surface area contributed by atoms with Gasteiger partial charge in [0.05, 0.1) is 6.61 Å². The first-order valence-corrected chi connectivity index (χ1v) is 19.2. The lowest BCUT2D eigenvalue weighted by molar-refractivity contribution is -0.161. The van der Waals surface area contributed by atoms with Crippen molar-refractivity contribution in [3.63, 3.8) is 0 Å². The first-order valence-electron chi connectivity index (χ1n) is 19.2. The van der Waals surface area contributed by atoms with Crippen LogP contribution in [0.4, 0.5) is 0 Å². The number of unbranched alkanes of at least 4 members (excludes halogenated alkanes) is 18. The van der Waals surface area contributed by atoms with E-state index in [2.05, 4.69) is 62.5 Å². The van der Waals surface area contributed by atoms with Crippen molar-refractivity contribution in [1.82, 2.24) is 0 Å². The van der Waals surface area contributed by atoms with E-state index in [1.807, 2.05) is 0 Å². The number of hydrogen-bond donors (Lipinski definition) is 1. The summed E-state index contributed by atoms with van der Waals surface area (Å²) in [7, 11) is 0. The molecule has 46 heavy (non-hydrogen) atoms. The van der Waals surface area contributed by atoms with Crippen LogP contribution in [-0.2, 0) is 19.1 Å². The summed E-state index contributed by atoms with van der Waals surface area (Å²) < 4.78 is 10.6. The predicted octanol–water partition coefficient (Wildman–Crippen LogP) is 11.8. The molecular formula is C41H72O5. The summed E-state index contributed by atoms with van der Waals surface area (Å²) in [5.74, 6) is -0.655. The molecule has 0 aliphatic rings. The summed E-state index contributed by atoms with van der Waals surface area (Å²) in [6.07, 6.45) is 46.0. The molecule has 1 atom stereocenters. The lowest BCUT2D eigenvalue weighted by Gasteiger charge is -2.15. The molecule has 0 bridgehead atoms. The molecule has 0 saturated heterocycles. The van der Waals surface area contributed by atoms with Gasteiger partial charge in [-0.05, 0) is 51.4 Å². The van der Waals surface area contributed by atoms with Gasteiger partial charge in [0.25, 0.3) is 0 Å². The Kier molecular flexibility index (Phi) is 35.6. The molecule has 0 heterocycles. The summed E-state index contributed by atoms with van der Waals surface area (Å²) in [6, 6.07) is 0. The van der Waals surface area contributed by atoms with Crippen molar-refractivity contribution < 1.29 is 24.2 Å². The maximum Gasteiger partial charge on any atom is 0.306 e.